The Morgan fingerprint density at radius 1 is 0.691 bits per heavy atom. The van der Waals surface area contributed by atoms with Crippen molar-refractivity contribution >= 4 is 35.0 Å². The maximum Gasteiger partial charge on any atom is 0.335 e. The van der Waals surface area contributed by atoms with Gasteiger partial charge in [-0.05, 0) is 48.0 Å². The van der Waals surface area contributed by atoms with Gasteiger partial charge in [-0.2, -0.15) is 0 Å². The molecule has 6 rings (SSSR count). The third-order valence-corrected chi connectivity index (χ3v) is 8.61. The number of fused-ring (bicyclic) bond motifs is 1. The van der Waals surface area contributed by atoms with E-state index >= 15 is 0 Å². The third-order valence-electron chi connectivity index (χ3n) is 8.61. The number of carboxylic acids is 2. The largest absolute Gasteiger partial charge is 0.508 e. The third kappa shape index (κ3) is 8.22. The predicted molar refractivity (Wildman–Crippen MR) is 180 cm³/mol. The average molecular weight is 769 g/mol. The molecular formula is C36H32O19. The van der Waals surface area contributed by atoms with E-state index in [-0.39, 0.29) is 39.5 Å². The number of benzene rings is 3. The van der Waals surface area contributed by atoms with Gasteiger partial charge in [0.15, 0.2) is 36.1 Å². The second-order valence-corrected chi connectivity index (χ2v) is 12.4. The van der Waals surface area contributed by atoms with Crippen LogP contribution in [0.25, 0.3) is 28.4 Å². The summed E-state index contributed by atoms with van der Waals surface area (Å²) in [6, 6.07) is 14.2. The van der Waals surface area contributed by atoms with Crippen molar-refractivity contribution in [3.8, 4) is 34.3 Å². The Hall–Kier alpha value is -6.06. The first-order chi connectivity index (χ1) is 26.1. The van der Waals surface area contributed by atoms with Crippen LogP contribution in [-0.2, 0) is 33.3 Å². The first kappa shape index (κ1) is 38.7. The Labute approximate surface area is 307 Å². The van der Waals surface area contributed by atoms with Crippen LogP contribution in [0.4, 0.5) is 0 Å². The fourth-order valence-corrected chi connectivity index (χ4v) is 5.86. The minimum atomic E-state index is -2.18. The van der Waals surface area contributed by atoms with Gasteiger partial charge in [0.1, 0.15) is 64.1 Å². The number of hydrogen-bond acceptors (Lipinski definition) is 17. The molecule has 2 aliphatic rings. The normalized spacial score (nSPS) is 28.1. The van der Waals surface area contributed by atoms with Gasteiger partial charge < -0.3 is 74.1 Å². The van der Waals surface area contributed by atoms with Gasteiger partial charge in [0.05, 0.1) is 0 Å². The number of aliphatic carboxylic acids is 2. The molecule has 0 saturated carbocycles. The molecule has 0 amide bonds. The summed E-state index contributed by atoms with van der Waals surface area (Å²) < 4.78 is 33.3. The van der Waals surface area contributed by atoms with Crippen molar-refractivity contribution in [2.45, 2.75) is 61.4 Å². The van der Waals surface area contributed by atoms with E-state index in [1.165, 1.54) is 54.6 Å². The molecule has 0 radical (unpaired) electrons. The molecule has 3 heterocycles. The SMILES string of the molecule is O=C(C=Cc1ccc(O)cc1)OC1C(OC2C(Oc3ccc(-c4cc(=O)c5c(O)cc(O)cc5o4)cc3)OC(C(=O)O)C(O)C2O)OC(C(=O)O)C(O)C1O. The highest BCUT2D eigenvalue weighted by Gasteiger charge is 2.55. The molecule has 0 spiro atoms. The lowest BCUT2D eigenvalue weighted by atomic mass is 9.96. The Bertz CT molecular complexity index is 2150. The van der Waals surface area contributed by atoms with Crippen LogP contribution >= 0.6 is 0 Å². The second kappa shape index (κ2) is 15.7. The van der Waals surface area contributed by atoms with Gasteiger partial charge in [-0.15, -0.1) is 0 Å². The molecule has 10 atom stereocenters. The zero-order valence-corrected chi connectivity index (χ0v) is 27.9. The van der Waals surface area contributed by atoms with Crippen molar-refractivity contribution < 1.29 is 88.4 Å². The topological polar surface area (TPSA) is 310 Å². The number of phenols is 3. The number of phenolic OH excluding ortho intramolecular Hbond substituents is 3. The van der Waals surface area contributed by atoms with E-state index in [1.807, 2.05) is 0 Å². The number of carbonyl (C=O) groups is 3. The van der Waals surface area contributed by atoms with Crippen molar-refractivity contribution in [3.05, 3.63) is 88.6 Å². The van der Waals surface area contributed by atoms with Crippen molar-refractivity contribution in [1.29, 1.82) is 0 Å². The summed E-state index contributed by atoms with van der Waals surface area (Å²) in [5.41, 5.74) is -0.0126. The van der Waals surface area contributed by atoms with Gasteiger partial charge in [-0.25, -0.2) is 14.4 Å². The first-order valence-corrected chi connectivity index (χ1v) is 16.2. The first-order valence-electron chi connectivity index (χ1n) is 16.2. The number of carboxylic acid groups (broad SMARTS) is 2. The zero-order valence-electron chi connectivity index (χ0n) is 27.9. The fraction of sp³-hybridized carbons (Fsp3) is 0.278. The standard InChI is InChI=1S/C36H32O19/c37-16-6-1-14(2-7-16)3-10-23(41)52-31-27(44)25(42)30(34(48)49)54-36(31)55-32-28(45)26(43)29(33(46)47)53-35(32)50-18-8-4-15(5-9-18)21-13-20(40)24-19(39)11-17(38)12-22(24)51-21/h1-13,25-32,35-39,42-45H,(H,46,47)(H,48,49). The van der Waals surface area contributed by atoms with Gasteiger partial charge in [0.25, 0.3) is 0 Å². The minimum absolute atomic E-state index is 0.00957. The summed E-state index contributed by atoms with van der Waals surface area (Å²) in [6.07, 6.45) is -18.8. The van der Waals surface area contributed by atoms with E-state index in [0.717, 1.165) is 24.3 Å². The summed E-state index contributed by atoms with van der Waals surface area (Å²) in [4.78, 5) is 49.3. The van der Waals surface area contributed by atoms with Crippen molar-refractivity contribution in [3.63, 3.8) is 0 Å². The predicted octanol–water partition coefficient (Wildman–Crippen LogP) is 0.0286. The highest BCUT2D eigenvalue weighted by atomic mass is 16.8. The van der Waals surface area contributed by atoms with Gasteiger partial charge in [-0.1, -0.05) is 12.1 Å². The number of esters is 1. The van der Waals surface area contributed by atoms with Crippen molar-refractivity contribution in [2.75, 3.05) is 0 Å². The van der Waals surface area contributed by atoms with Crippen LogP contribution in [-0.4, -0.2) is 125 Å². The number of aliphatic hydroxyl groups is 4. The van der Waals surface area contributed by atoms with Crippen molar-refractivity contribution in [1.82, 2.24) is 0 Å². The maximum atomic E-state index is 12.8. The highest BCUT2D eigenvalue weighted by molar-refractivity contribution is 5.87. The maximum absolute atomic E-state index is 12.8. The molecule has 10 unspecified atom stereocenters. The number of hydrogen-bond donors (Lipinski definition) is 9. The molecule has 4 aromatic rings. The number of rotatable bonds is 10. The molecule has 2 saturated heterocycles. The minimum Gasteiger partial charge on any atom is -0.508 e. The van der Waals surface area contributed by atoms with E-state index in [1.54, 1.807) is 0 Å². The second-order valence-electron chi connectivity index (χ2n) is 12.4. The molecule has 0 bridgehead atoms. The Kier molecular flexibility index (Phi) is 11.1. The number of aromatic hydroxyl groups is 3. The molecule has 19 nitrogen and oxygen atoms in total. The number of ether oxygens (including phenoxy) is 5. The smallest absolute Gasteiger partial charge is 0.335 e. The fourth-order valence-electron chi connectivity index (χ4n) is 5.86. The lowest BCUT2D eigenvalue weighted by Crippen LogP contribution is -2.66. The van der Waals surface area contributed by atoms with Gasteiger partial charge in [0, 0.05) is 29.8 Å². The number of aliphatic hydroxyl groups excluding tert-OH is 4. The van der Waals surface area contributed by atoms with E-state index in [9.17, 15) is 65.1 Å². The van der Waals surface area contributed by atoms with E-state index < -0.39 is 90.5 Å². The van der Waals surface area contributed by atoms with Crippen LogP contribution in [0, 0.1) is 0 Å². The molecule has 0 aliphatic carbocycles. The van der Waals surface area contributed by atoms with E-state index in [2.05, 4.69) is 0 Å². The Morgan fingerprint density at radius 3 is 1.91 bits per heavy atom. The molecule has 2 aliphatic heterocycles. The summed E-state index contributed by atoms with van der Waals surface area (Å²) in [5, 5.41) is 91.6. The lowest BCUT2D eigenvalue weighted by Gasteiger charge is -2.45. The van der Waals surface area contributed by atoms with Crippen LogP contribution in [0.1, 0.15) is 5.56 Å². The zero-order chi connectivity index (χ0) is 39.7. The summed E-state index contributed by atoms with van der Waals surface area (Å²) in [5.74, 6) is -5.61. The van der Waals surface area contributed by atoms with Crippen LogP contribution in [0.3, 0.4) is 0 Å². The number of carbonyl (C=O) groups excluding carboxylic acids is 1. The molecule has 19 heteroatoms. The van der Waals surface area contributed by atoms with Crippen LogP contribution < -0.4 is 10.2 Å². The molecule has 55 heavy (non-hydrogen) atoms. The van der Waals surface area contributed by atoms with Gasteiger partial charge in [0.2, 0.25) is 6.29 Å². The van der Waals surface area contributed by atoms with Crippen LogP contribution in [0.15, 0.2) is 82.0 Å². The van der Waals surface area contributed by atoms with Crippen molar-refractivity contribution in [2.24, 2.45) is 0 Å². The molecule has 9 N–H and O–H groups in total. The molecular weight excluding hydrogens is 736 g/mol. The molecule has 2 fully saturated rings. The Morgan fingerprint density at radius 2 is 1.29 bits per heavy atom. The Balaban J connectivity index is 1.27. The van der Waals surface area contributed by atoms with E-state index in [4.69, 9.17) is 28.1 Å². The highest BCUT2D eigenvalue weighted by Crippen LogP contribution is 2.34. The molecule has 1 aromatic heterocycles. The summed E-state index contributed by atoms with van der Waals surface area (Å²) in [7, 11) is 0. The molecule has 3 aromatic carbocycles. The summed E-state index contributed by atoms with van der Waals surface area (Å²) in [6.45, 7) is 0. The van der Waals surface area contributed by atoms with E-state index in [0.29, 0.717) is 5.56 Å². The lowest BCUT2D eigenvalue weighted by molar-refractivity contribution is -0.350. The van der Waals surface area contributed by atoms with Gasteiger partial charge in [-0.3, -0.25) is 4.79 Å². The van der Waals surface area contributed by atoms with Gasteiger partial charge >= 0.3 is 17.9 Å². The van der Waals surface area contributed by atoms with Crippen LogP contribution in [0.5, 0.6) is 23.0 Å². The van der Waals surface area contributed by atoms with Crippen LogP contribution in [0.2, 0.25) is 0 Å². The summed E-state index contributed by atoms with van der Waals surface area (Å²) >= 11 is 0. The average Bonchev–Trinajstić information content (AvgIpc) is 3.13. The monoisotopic (exact) mass is 768 g/mol. The quantitative estimate of drug-likeness (QED) is 0.0759. The molecule has 290 valence electrons.